The number of carbonyl (C=O) groups excluding carboxylic acids is 2. The van der Waals surface area contributed by atoms with Crippen molar-refractivity contribution in [1.29, 1.82) is 0 Å². The molecule has 2 aliphatic rings. The molecule has 7 atom stereocenters. The van der Waals surface area contributed by atoms with Crippen LogP contribution in [0.15, 0.2) is 11.2 Å². The predicted octanol–water partition coefficient (Wildman–Crippen LogP) is 4.77. The van der Waals surface area contributed by atoms with Crippen molar-refractivity contribution in [1.82, 2.24) is 4.98 Å². The second-order valence-electron chi connectivity index (χ2n) is 11.1. The molecule has 0 bridgehead atoms. The van der Waals surface area contributed by atoms with Gasteiger partial charge in [0.05, 0.1) is 46.5 Å². The van der Waals surface area contributed by atoms with Gasteiger partial charge in [0.25, 0.3) is 0 Å². The first-order valence-corrected chi connectivity index (χ1v) is 13.7. The first-order valence-electron chi connectivity index (χ1n) is 12.9. The number of esters is 1. The summed E-state index contributed by atoms with van der Waals surface area (Å²) in [6.07, 6.45) is -0.139. The zero-order chi connectivity index (χ0) is 26.8. The van der Waals surface area contributed by atoms with Crippen LogP contribution in [0.2, 0.25) is 0 Å². The Morgan fingerprint density at radius 3 is 2.61 bits per heavy atom. The number of aromatic nitrogens is 1. The second kappa shape index (κ2) is 11.4. The van der Waals surface area contributed by atoms with Crippen molar-refractivity contribution >= 4 is 29.2 Å². The molecule has 1 aromatic rings. The number of aliphatic hydroxyl groups excluding tert-OH is 2. The number of epoxide rings is 1. The first-order chi connectivity index (χ1) is 16.8. The third-order valence-corrected chi connectivity index (χ3v) is 8.69. The standard InChI is InChI=1S/C27H40FNO6S/c1-7-18-24(32)15(2)9-8-10-27(6)22(35-27)12-20(19(28)11-17-14-36-16(3)29-17)34-23(31)13-21(30)26(4,5)25(18)33/h11,14-15,18,20-22,24,30,32H,7-10,12-13H2,1-6H3. The van der Waals surface area contributed by atoms with Gasteiger partial charge in [-0.2, -0.15) is 0 Å². The number of ketones is 1. The number of hydrogen-bond donors (Lipinski definition) is 2. The molecule has 2 saturated heterocycles. The van der Waals surface area contributed by atoms with Crippen LogP contribution < -0.4 is 0 Å². The number of hydrogen-bond acceptors (Lipinski definition) is 8. The number of fused-ring (bicyclic) bond motifs is 1. The zero-order valence-electron chi connectivity index (χ0n) is 22.1. The highest BCUT2D eigenvalue weighted by molar-refractivity contribution is 7.09. The fourth-order valence-corrected chi connectivity index (χ4v) is 5.66. The molecule has 0 amide bonds. The second-order valence-corrected chi connectivity index (χ2v) is 12.2. The van der Waals surface area contributed by atoms with E-state index in [1.165, 1.54) is 17.4 Å². The van der Waals surface area contributed by atoms with E-state index in [9.17, 15) is 19.8 Å². The number of rotatable bonds is 3. The van der Waals surface area contributed by atoms with Crippen LogP contribution in [-0.4, -0.2) is 57.0 Å². The van der Waals surface area contributed by atoms with Crippen molar-refractivity contribution < 1.29 is 33.7 Å². The van der Waals surface area contributed by atoms with Crippen LogP contribution in [0.5, 0.6) is 0 Å². The highest BCUT2D eigenvalue weighted by atomic mass is 32.1. The highest BCUT2D eigenvalue weighted by Crippen LogP contribution is 2.45. The van der Waals surface area contributed by atoms with E-state index in [1.807, 2.05) is 27.7 Å². The van der Waals surface area contributed by atoms with Crippen LogP contribution in [0.3, 0.4) is 0 Å². The normalized spacial score (nSPS) is 36.8. The van der Waals surface area contributed by atoms with Gasteiger partial charge >= 0.3 is 5.97 Å². The lowest BCUT2D eigenvalue weighted by atomic mass is 9.71. The summed E-state index contributed by atoms with van der Waals surface area (Å²) >= 11 is 1.39. The highest BCUT2D eigenvalue weighted by Gasteiger charge is 2.53. The van der Waals surface area contributed by atoms with Gasteiger partial charge in [0.1, 0.15) is 11.6 Å². The van der Waals surface area contributed by atoms with Crippen molar-refractivity contribution in [2.75, 3.05) is 0 Å². The molecule has 9 heteroatoms. The molecule has 0 aliphatic carbocycles. The number of aryl methyl sites for hydroxylation is 1. The molecular weight excluding hydrogens is 485 g/mol. The summed E-state index contributed by atoms with van der Waals surface area (Å²) < 4.78 is 26.7. The van der Waals surface area contributed by atoms with Gasteiger partial charge in [0.15, 0.2) is 6.10 Å². The topological polar surface area (TPSA) is 109 Å². The number of thiazole rings is 1. The SMILES string of the molecule is CCC1C(=O)C(C)(C)C(O)CC(=O)OC(C(F)=Cc2csc(C)n2)CC2OC2(C)CCCC(C)C1O. The Morgan fingerprint density at radius 1 is 1.31 bits per heavy atom. The van der Waals surface area contributed by atoms with E-state index in [-0.39, 0.29) is 24.2 Å². The molecule has 0 radical (unpaired) electrons. The Balaban J connectivity index is 1.87. The monoisotopic (exact) mass is 525 g/mol. The summed E-state index contributed by atoms with van der Waals surface area (Å²) in [5.74, 6) is -2.53. The average Bonchev–Trinajstić information content (AvgIpc) is 3.24. The Labute approximate surface area is 217 Å². The Kier molecular flexibility index (Phi) is 9.13. The first kappa shape index (κ1) is 28.9. The molecule has 2 aliphatic heterocycles. The number of nitrogens with zero attached hydrogens (tertiary/aromatic N) is 1. The Bertz CT molecular complexity index is 977. The molecule has 0 aromatic carbocycles. The van der Waals surface area contributed by atoms with Crippen LogP contribution >= 0.6 is 11.3 Å². The van der Waals surface area contributed by atoms with Gasteiger partial charge in [-0.05, 0) is 45.1 Å². The molecule has 3 rings (SSSR count). The van der Waals surface area contributed by atoms with Crippen molar-refractivity contribution in [3.63, 3.8) is 0 Å². The number of carbonyl (C=O) groups is 2. The van der Waals surface area contributed by atoms with E-state index < -0.39 is 53.5 Å². The number of cyclic esters (lactones) is 1. The van der Waals surface area contributed by atoms with Crippen LogP contribution in [0.1, 0.15) is 83.8 Å². The van der Waals surface area contributed by atoms with Crippen LogP contribution in [0.25, 0.3) is 6.08 Å². The van der Waals surface area contributed by atoms with Gasteiger partial charge in [0, 0.05) is 17.7 Å². The number of halogens is 1. The van der Waals surface area contributed by atoms with Crippen molar-refractivity contribution in [3.05, 3.63) is 21.9 Å². The van der Waals surface area contributed by atoms with Gasteiger partial charge < -0.3 is 19.7 Å². The van der Waals surface area contributed by atoms with Crippen LogP contribution in [0, 0.1) is 24.2 Å². The number of ether oxygens (including phenoxy) is 2. The third-order valence-electron chi connectivity index (χ3n) is 7.90. The van der Waals surface area contributed by atoms with Crippen molar-refractivity contribution in [2.24, 2.45) is 17.3 Å². The van der Waals surface area contributed by atoms with Crippen molar-refractivity contribution in [3.8, 4) is 0 Å². The third kappa shape index (κ3) is 6.60. The summed E-state index contributed by atoms with van der Waals surface area (Å²) in [7, 11) is 0. The largest absolute Gasteiger partial charge is 0.455 e. The summed E-state index contributed by atoms with van der Waals surface area (Å²) in [5.41, 5.74) is -1.31. The lowest BCUT2D eigenvalue weighted by Gasteiger charge is -2.35. The van der Waals surface area contributed by atoms with E-state index in [0.29, 0.717) is 25.0 Å². The van der Waals surface area contributed by atoms with Gasteiger partial charge in [0.2, 0.25) is 0 Å². The summed E-state index contributed by atoms with van der Waals surface area (Å²) in [6, 6.07) is 0. The predicted molar refractivity (Wildman–Crippen MR) is 136 cm³/mol. The fraction of sp³-hybridized carbons (Fsp3) is 0.741. The Hall–Kier alpha value is -1.68. The summed E-state index contributed by atoms with van der Waals surface area (Å²) in [6.45, 7) is 10.7. The van der Waals surface area contributed by atoms with E-state index >= 15 is 4.39 Å². The minimum atomic E-state index is -1.35. The maximum Gasteiger partial charge on any atom is 0.309 e. The average molecular weight is 526 g/mol. The number of aliphatic hydroxyl groups is 2. The molecule has 0 saturated carbocycles. The van der Waals surface area contributed by atoms with E-state index in [2.05, 4.69) is 4.98 Å². The maximum absolute atomic E-state index is 15.3. The maximum atomic E-state index is 15.3. The van der Waals surface area contributed by atoms with Gasteiger partial charge in [-0.1, -0.05) is 34.1 Å². The van der Waals surface area contributed by atoms with Crippen LogP contribution in [0.4, 0.5) is 4.39 Å². The van der Waals surface area contributed by atoms with Crippen LogP contribution in [-0.2, 0) is 19.1 Å². The van der Waals surface area contributed by atoms with Gasteiger partial charge in [-0.3, -0.25) is 9.59 Å². The molecule has 36 heavy (non-hydrogen) atoms. The minimum Gasteiger partial charge on any atom is -0.455 e. The molecule has 202 valence electrons. The van der Waals surface area contributed by atoms with E-state index in [4.69, 9.17) is 9.47 Å². The summed E-state index contributed by atoms with van der Waals surface area (Å²) in [4.78, 5) is 30.5. The van der Waals surface area contributed by atoms with E-state index in [0.717, 1.165) is 11.4 Å². The lowest BCUT2D eigenvalue weighted by Crippen LogP contribution is -2.46. The molecule has 3 heterocycles. The Morgan fingerprint density at radius 2 is 2.00 bits per heavy atom. The lowest BCUT2D eigenvalue weighted by molar-refractivity contribution is -0.155. The minimum absolute atomic E-state index is 0.125. The van der Waals surface area contributed by atoms with Gasteiger partial charge in [-0.15, -0.1) is 11.3 Å². The molecule has 0 spiro atoms. The van der Waals surface area contributed by atoms with E-state index in [1.54, 1.807) is 19.2 Å². The molecule has 1 aromatic heterocycles. The van der Waals surface area contributed by atoms with Gasteiger partial charge in [-0.25, -0.2) is 9.37 Å². The zero-order valence-corrected chi connectivity index (χ0v) is 22.9. The molecule has 7 nitrogen and oxygen atoms in total. The quantitative estimate of drug-likeness (QED) is 0.432. The molecule has 2 fully saturated rings. The van der Waals surface area contributed by atoms with Crippen molar-refractivity contribution in [2.45, 2.75) is 110 Å². The molecule has 2 N–H and O–H groups in total. The smallest absolute Gasteiger partial charge is 0.309 e. The fourth-order valence-electron chi connectivity index (χ4n) is 5.09. The summed E-state index contributed by atoms with van der Waals surface area (Å²) in [5, 5.41) is 24.4. The number of Topliss-reactive ketones (excluding diaryl/α,β-unsaturated/α-hetero) is 1. The molecule has 7 unspecified atom stereocenters. The molecular formula is C27H40FNO6S.